The highest BCUT2D eigenvalue weighted by molar-refractivity contribution is 6.31. The van der Waals surface area contributed by atoms with Gasteiger partial charge in [-0.1, -0.05) is 11.6 Å². The number of rotatable bonds is 4. The Morgan fingerprint density at radius 2 is 2.09 bits per heavy atom. The number of nitrogens with zero attached hydrogens (tertiary/aromatic N) is 2. The number of fused-ring (bicyclic) bond motifs is 3. The van der Waals surface area contributed by atoms with Crippen molar-refractivity contribution in [2.24, 2.45) is 0 Å². The van der Waals surface area contributed by atoms with E-state index in [1.54, 1.807) is 0 Å². The van der Waals surface area contributed by atoms with Gasteiger partial charge in [0.1, 0.15) is 5.82 Å². The Balaban J connectivity index is 1.56. The maximum absolute atomic E-state index is 6.12. The van der Waals surface area contributed by atoms with Crippen LogP contribution in [0.4, 0.5) is 5.82 Å². The molecule has 0 atom stereocenters. The van der Waals surface area contributed by atoms with Gasteiger partial charge in [-0.3, -0.25) is 4.90 Å². The topological polar surface area (TPSA) is 53.2 Å². The molecule has 0 spiro atoms. The van der Waals surface area contributed by atoms with Crippen molar-refractivity contribution >= 4 is 39.2 Å². The average Bonchev–Trinajstić information content (AvgIpc) is 2.95. The molecular weight excluding hydrogens is 312 g/mol. The number of halogens is 1. The van der Waals surface area contributed by atoms with E-state index in [-0.39, 0.29) is 0 Å². The lowest BCUT2D eigenvalue weighted by molar-refractivity contribution is 0.0398. The smallest absolute Gasteiger partial charge is 0.150 e. The fourth-order valence-corrected chi connectivity index (χ4v) is 3.26. The van der Waals surface area contributed by atoms with E-state index in [1.807, 2.05) is 30.5 Å². The summed E-state index contributed by atoms with van der Waals surface area (Å²) < 4.78 is 5.38. The fraction of sp³-hybridized carbons (Fsp3) is 0.353. The predicted octanol–water partition coefficient (Wildman–Crippen LogP) is 3.11. The molecule has 0 saturated carbocycles. The summed E-state index contributed by atoms with van der Waals surface area (Å²) in [4.78, 5) is 10.3. The molecule has 23 heavy (non-hydrogen) atoms. The van der Waals surface area contributed by atoms with E-state index in [0.717, 1.165) is 72.0 Å². The second kappa shape index (κ2) is 6.35. The molecule has 6 heteroatoms. The lowest BCUT2D eigenvalue weighted by Crippen LogP contribution is -2.39. The minimum Gasteiger partial charge on any atom is -0.379 e. The maximum Gasteiger partial charge on any atom is 0.150 e. The molecule has 5 nitrogen and oxygen atoms in total. The van der Waals surface area contributed by atoms with Crippen molar-refractivity contribution < 1.29 is 4.74 Å². The number of ether oxygens (including phenoxy) is 1. The van der Waals surface area contributed by atoms with E-state index in [2.05, 4.69) is 20.2 Å². The molecule has 2 aromatic heterocycles. The quantitative estimate of drug-likeness (QED) is 0.771. The van der Waals surface area contributed by atoms with E-state index < -0.39 is 0 Å². The number of hydrogen-bond donors (Lipinski definition) is 2. The summed E-state index contributed by atoms with van der Waals surface area (Å²) in [7, 11) is 0. The van der Waals surface area contributed by atoms with Crippen molar-refractivity contribution in [2.75, 3.05) is 44.7 Å². The molecule has 1 saturated heterocycles. The van der Waals surface area contributed by atoms with Gasteiger partial charge >= 0.3 is 0 Å². The van der Waals surface area contributed by atoms with Gasteiger partial charge in [-0.05, 0) is 24.3 Å². The Morgan fingerprint density at radius 1 is 1.22 bits per heavy atom. The van der Waals surface area contributed by atoms with Gasteiger partial charge in [0, 0.05) is 53.7 Å². The van der Waals surface area contributed by atoms with Gasteiger partial charge in [0.25, 0.3) is 0 Å². The zero-order valence-electron chi connectivity index (χ0n) is 12.8. The summed E-state index contributed by atoms with van der Waals surface area (Å²) in [5.41, 5.74) is 2.11. The number of hydrogen-bond acceptors (Lipinski definition) is 4. The van der Waals surface area contributed by atoms with Gasteiger partial charge in [0.05, 0.1) is 18.7 Å². The first-order chi connectivity index (χ1) is 11.3. The van der Waals surface area contributed by atoms with Crippen LogP contribution in [0.5, 0.6) is 0 Å². The Labute approximate surface area is 139 Å². The molecule has 2 N–H and O–H groups in total. The first-order valence-electron chi connectivity index (χ1n) is 7.91. The number of aromatic amines is 1. The maximum atomic E-state index is 6.12. The highest BCUT2D eigenvalue weighted by atomic mass is 35.5. The Kier molecular flexibility index (Phi) is 4.08. The summed E-state index contributed by atoms with van der Waals surface area (Å²) in [5.74, 6) is 0.892. The normalized spacial score (nSPS) is 16.2. The lowest BCUT2D eigenvalue weighted by atomic mass is 10.2. The highest BCUT2D eigenvalue weighted by Crippen LogP contribution is 2.30. The van der Waals surface area contributed by atoms with Crippen LogP contribution in [0.2, 0.25) is 5.02 Å². The standard InChI is InChI=1S/C17H19ClN4O/c18-12-1-2-15-14(11-12)13-3-4-19-17(16(13)21-15)20-5-6-22-7-9-23-10-8-22/h1-4,11,21H,5-10H2,(H,19,20). The Morgan fingerprint density at radius 3 is 2.96 bits per heavy atom. The van der Waals surface area contributed by atoms with Crippen LogP contribution in [0.15, 0.2) is 30.5 Å². The first-order valence-corrected chi connectivity index (χ1v) is 8.29. The van der Waals surface area contributed by atoms with Crippen LogP contribution in [-0.2, 0) is 4.74 Å². The number of H-pyrrole nitrogens is 1. The van der Waals surface area contributed by atoms with Crippen LogP contribution < -0.4 is 5.32 Å². The van der Waals surface area contributed by atoms with E-state index in [4.69, 9.17) is 16.3 Å². The molecule has 1 aliphatic rings. The van der Waals surface area contributed by atoms with Crippen molar-refractivity contribution in [1.82, 2.24) is 14.9 Å². The summed E-state index contributed by atoms with van der Waals surface area (Å²) in [6.07, 6.45) is 1.84. The number of benzene rings is 1. The highest BCUT2D eigenvalue weighted by Gasteiger charge is 2.12. The molecule has 1 fully saturated rings. The van der Waals surface area contributed by atoms with Crippen molar-refractivity contribution in [3.05, 3.63) is 35.5 Å². The van der Waals surface area contributed by atoms with Crippen molar-refractivity contribution in [2.45, 2.75) is 0 Å². The van der Waals surface area contributed by atoms with Crippen LogP contribution in [0, 0.1) is 0 Å². The minimum atomic E-state index is 0.747. The number of anilines is 1. The van der Waals surface area contributed by atoms with Gasteiger partial charge < -0.3 is 15.0 Å². The molecule has 3 heterocycles. The summed E-state index contributed by atoms with van der Waals surface area (Å²) in [5, 5.41) is 6.48. The summed E-state index contributed by atoms with van der Waals surface area (Å²) >= 11 is 6.12. The molecule has 0 amide bonds. The summed E-state index contributed by atoms with van der Waals surface area (Å²) in [6.45, 7) is 5.53. The number of morpholine rings is 1. The third-order valence-corrected chi connectivity index (χ3v) is 4.54. The van der Waals surface area contributed by atoms with Crippen molar-refractivity contribution in [1.29, 1.82) is 0 Å². The number of aromatic nitrogens is 2. The van der Waals surface area contributed by atoms with Gasteiger partial charge in [0.2, 0.25) is 0 Å². The number of nitrogens with one attached hydrogen (secondary N) is 2. The molecule has 0 bridgehead atoms. The molecule has 1 aliphatic heterocycles. The minimum absolute atomic E-state index is 0.747. The molecule has 4 rings (SSSR count). The molecule has 0 unspecified atom stereocenters. The van der Waals surface area contributed by atoms with E-state index >= 15 is 0 Å². The van der Waals surface area contributed by atoms with Crippen LogP contribution in [0.1, 0.15) is 0 Å². The van der Waals surface area contributed by atoms with Gasteiger partial charge in [-0.25, -0.2) is 4.98 Å². The molecular formula is C17H19ClN4O. The summed E-state index contributed by atoms with van der Waals surface area (Å²) in [6, 6.07) is 7.93. The predicted molar refractivity (Wildman–Crippen MR) is 94.4 cm³/mol. The zero-order chi connectivity index (χ0) is 15.6. The average molecular weight is 331 g/mol. The Bertz CT molecular complexity index is 826. The molecule has 120 valence electrons. The second-order valence-corrected chi connectivity index (χ2v) is 6.21. The van der Waals surface area contributed by atoms with Gasteiger partial charge in [0.15, 0.2) is 0 Å². The van der Waals surface area contributed by atoms with E-state index in [9.17, 15) is 0 Å². The van der Waals surface area contributed by atoms with E-state index in [1.165, 1.54) is 0 Å². The molecule has 0 radical (unpaired) electrons. The van der Waals surface area contributed by atoms with Gasteiger partial charge in [-0.2, -0.15) is 0 Å². The van der Waals surface area contributed by atoms with Crippen LogP contribution >= 0.6 is 11.6 Å². The second-order valence-electron chi connectivity index (χ2n) is 5.78. The third kappa shape index (κ3) is 3.00. The molecule has 0 aliphatic carbocycles. The molecule has 1 aromatic carbocycles. The fourth-order valence-electron chi connectivity index (χ4n) is 3.09. The monoisotopic (exact) mass is 330 g/mol. The Hall–Kier alpha value is -1.82. The van der Waals surface area contributed by atoms with Crippen LogP contribution in [0.3, 0.4) is 0 Å². The third-order valence-electron chi connectivity index (χ3n) is 4.31. The lowest BCUT2D eigenvalue weighted by Gasteiger charge is -2.26. The van der Waals surface area contributed by atoms with Crippen LogP contribution in [0.25, 0.3) is 21.8 Å². The van der Waals surface area contributed by atoms with Crippen molar-refractivity contribution in [3.8, 4) is 0 Å². The largest absolute Gasteiger partial charge is 0.379 e. The van der Waals surface area contributed by atoms with Crippen molar-refractivity contribution in [3.63, 3.8) is 0 Å². The van der Waals surface area contributed by atoms with Gasteiger partial charge in [-0.15, -0.1) is 0 Å². The first kappa shape index (κ1) is 14.8. The number of pyridine rings is 1. The molecule has 3 aromatic rings. The van der Waals surface area contributed by atoms with Crippen LogP contribution in [-0.4, -0.2) is 54.3 Å². The zero-order valence-corrected chi connectivity index (χ0v) is 13.6. The van der Waals surface area contributed by atoms with E-state index in [0.29, 0.717) is 0 Å². The SMILES string of the molecule is Clc1ccc2[nH]c3c(NCCN4CCOCC4)nccc3c2c1.